The first kappa shape index (κ1) is 19.2. The van der Waals surface area contributed by atoms with Gasteiger partial charge in [-0.15, -0.1) is 0 Å². The van der Waals surface area contributed by atoms with Gasteiger partial charge in [0.2, 0.25) is 0 Å². The van der Waals surface area contributed by atoms with E-state index in [2.05, 4.69) is 90.5 Å². The lowest BCUT2D eigenvalue weighted by molar-refractivity contribution is 0.112. The van der Waals surface area contributed by atoms with Crippen LogP contribution in [-0.4, -0.2) is 47.3 Å². The Hall–Kier alpha value is -2.76. The number of hydrogen-bond acceptors (Lipinski definition) is 4. The molecule has 2 heterocycles. The van der Waals surface area contributed by atoms with Crippen LogP contribution in [0.5, 0.6) is 0 Å². The van der Waals surface area contributed by atoms with E-state index in [9.17, 15) is 0 Å². The van der Waals surface area contributed by atoms with Gasteiger partial charge in [-0.25, -0.2) is 0 Å². The first-order chi connectivity index (χ1) is 14.8. The van der Waals surface area contributed by atoms with Gasteiger partial charge in [0.05, 0.1) is 12.3 Å². The Morgan fingerprint density at radius 1 is 0.900 bits per heavy atom. The second-order valence-corrected chi connectivity index (χ2v) is 8.49. The van der Waals surface area contributed by atoms with Crippen molar-refractivity contribution in [3.8, 4) is 0 Å². The number of pyridine rings is 1. The van der Waals surface area contributed by atoms with E-state index >= 15 is 0 Å². The molecule has 0 N–H and O–H groups in total. The van der Waals surface area contributed by atoms with Gasteiger partial charge in [0.15, 0.2) is 0 Å². The average Bonchev–Trinajstić information content (AvgIpc) is 2.93. The summed E-state index contributed by atoms with van der Waals surface area (Å²) in [5, 5.41) is 6.83. The highest BCUT2D eigenvalue weighted by Gasteiger charge is 2.30. The summed E-state index contributed by atoms with van der Waals surface area (Å²) in [6.45, 7) is 3.75. The highest BCUT2D eigenvalue weighted by atomic mass is 79.9. The molecule has 0 radical (unpaired) electrons. The number of aromatic nitrogens is 1. The molecule has 0 saturated carbocycles. The van der Waals surface area contributed by atoms with Crippen molar-refractivity contribution >= 4 is 32.7 Å². The minimum absolute atomic E-state index is 0.244. The molecule has 1 atom stereocenters. The van der Waals surface area contributed by atoms with Crippen molar-refractivity contribution in [1.82, 2.24) is 14.9 Å². The quantitative estimate of drug-likeness (QED) is 0.515. The molecule has 1 saturated heterocycles. The van der Waals surface area contributed by atoms with E-state index in [-0.39, 0.29) is 6.04 Å². The van der Waals surface area contributed by atoms with Gasteiger partial charge >= 0.3 is 0 Å². The third-order valence-electron chi connectivity index (χ3n) is 5.80. The zero-order valence-electron chi connectivity index (χ0n) is 16.7. The Labute approximate surface area is 185 Å². The van der Waals surface area contributed by atoms with Crippen molar-refractivity contribution < 1.29 is 0 Å². The number of hydrazone groups is 1. The molecule has 0 amide bonds. The number of nitrogens with zero attached hydrogens (tertiary/aromatic N) is 4. The molecule has 1 unspecified atom stereocenters. The van der Waals surface area contributed by atoms with Gasteiger partial charge in [0.25, 0.3) is 0 Å². The Morgan fingerprint density at radius 3 is 2.47 bits per heavy atom. The van der Waals surface area contributed by atoms with Gasteiger partial charge in [-0.3, -0.25) is 14.9 Å². The van der Waals surface area contributed by atoms with E-state index in [0.29, 0.717) is 0 Å². The molecule has 0 bridgehead atoms. The first-order valence-electron chi connectivity index (χ1n) is 10.3. The number of fused-ring (bicyclic) bond motifs is 2. The largest absolute Gasteiger partial charge is 0.294 e. The summed E-state index contributed by atoms with van der Waals surface area (Å²) in [6.07, 6.45) is 7.78. The van der Waals surface area contributed by atoms with Crippen LogP contribution in [0.15, 0.2) is 78.2 Å². The standard InChI is InChI=1S/C25H23BrN4/c26-24-16-20-7-1-2-8-21(20)25(23-10-4-3-9-22(23)24)29-12-14-30(15-13-29)28-18-19-6-5-11-27-17-19/h1-11,16-18,25H,12-15H2/b28-18+. The van der Waals surface area contributed by atoms with Gasteiger partial charge in [-0.2, -0.15) is 5.10 Å². The second kappa shape index (κ2) is 8.54. The lowest BCUT2D eigenvalue weighted by Gasteiger charge is -2.39. The SMILES string of the molecule is BrC1=Cc2ccccc2C(N2CCN(/N=C/c3cccnc3)CC2)c2ccccc21. The second-order valence-electron chi connectivity index (χ2n) is 7.63. The minimum Gasteiger partial charge on any atom is -0.294 e. The van der Waals surface area contributed by atoms with E-state index in [4.69, 9.17) is 0 Å². The van der Waals surface area contributed by atoms with Crippen LogP contribution in [0, 0.1) is 0 Å². The number of benzene rings is 2. The Kier molecular flexibility index (Phi) is 5.47. The molecule has 1 fully saturated rings. The van der Waals surface area contributed by atoms with Crippen LogP contribution in [0.1, 0.15) is 33.9 Å². The van der Waals surface area contributed by atoms with Crippen LogP contribution in [0.2, 0.25) is 0 Å². The van der Waals surface area contributed by atoms with E-state index in [0.717, 1.165) is 36.2 Å². The predicted molar refractivity (Wildman–Crippen MR) is 127 cm³/mol. The number of halogens is 1. The van der Waals surface area contributed by atoms with Crippen molar-refractivity contribution in [1.29, 1.82) is 0 Å². The van der Waals surface area contributed by atoms with Gasteiger partial charge in [-0.1, -0.05) is 70.5 Å². The highest BCUT2D eigenvalue weighted by molar-refractivity contribution is 9.15. The Morgan fingerprint density at radius 2 is 1.67 bits per heavy atom. The van der Waals surface area contributed by atoms with Gasteiger partial charge in [-0.05, 0) is 34.4 Å². The predicted octanol–water partition coefficient (Wildman–Crippen LogP) is 5.03. The minimum atomic E-state index is 0.244. The summed E-state index contributed by atoms with van der Waals surface area (Å²) >= 11 is 3.82. The van der Waals surface area contributed by atoms with E-state index in [1.165, 1.54) is 22.3 Å². The molecule has 2 aromatic carbocycles. The fourth-order valence-corrected chi connectivity index (χ4v) is 4.91. The molecule has 5 heteroatoms. The summed E-state index contributed by atoms with van der Waals surface area (Å²) in [7, 11) is 0. The van der Waals surface area contributed by atoms with Crippen LogP contribution >= 0.6 is 15.9 Å². The molecule has 0 spiro atoms. The average molecular weight is 459 g/mol. The van der Waals surface area contributed by atoms with Gasteiger partial charge in [0.1, 0.15) is 0 Å². The third-order valence-corrected chi connectivity index (χ3v) is 6.45. The summed E-state index contributed by atoms with van der Waals surface area (Å²) in [6, 6.07) is 21.7. The van der Waals surface area contributed by atoms with Crippen molar-refractivity contribution in [2.24, 2.45) is 5.10 Å². The monoisotopic (exact) mass is 458 g/mol. The molecule has 3 aromatic rings. The summed E-state index contributed by atoms with van der Waals surface area (Å²) in [5.41, 5.74) is 6.31. The Bertz CT molecular complexity index is 1090. The maximum Gasteiger partial charge on any atom is 0.0615 e. The smallest absolute Gasteiger partial charge is 0.0615 e. The first-order valence-corrected chi connectivity index (χ1v) is 11.1. The molecule has 1 aromatic heterocycles. The molecule has 1 aliphatic heterocycles. The summed E-state index contributed by atoms with van der Waals surface area (Å²) in [4.78, 5) is 6.74. The van der Waals surface area contributed by atoms with E-state index in [1.807, 2.05) is 24.5 Å². The number of piperazine rings is 1. The maximum absolute atomic E-state index is 4.68. The maximum atomic E-state index is 4.68. The molecular weight excluding hydrogens is 436 g/mol. The molecule has 5 rings (SSSR count). The molecular formula is C25H23BrN4. The van der Waals surface area contributed by atoms with E-state index in [1.54, 1.807) is 6.20 Å². The summed E-state index contributed by atoms with van der Waals surface area (Å²) in [5.74, 6) is 0. The lowest BCUT2D eigenvalue weighted by Crippen LogP contribution is -2.46. The fourth-order valence-electron chi connectivity index (χ4n) is 4.31. The van der Waals surface area contributed by atoms with E-state index < -0.39 is 0 Å². The summed E-state index contributed by atoms with van der Waals surface area (Å²) < 4.78 is 1.15. The van der Waals surface area contributed by atoms with Crippen LogP contribution in [0.3, 0.4) is 0 Å². The lowest BCUT2D eigenvalue weighted by atomic mass is 9.92. The van der Waals surface area contributed by atoms with Crippen LogP contribution in [-0.2, 0) is 0 Å². The molecule has 1 aliphatic carbocycles. The number of rotatable bonds is 3. The third kappa shape index (κ3) is 3.83. The van der Waals surface area contributed by atoms with Crippen LogP contribution in [0.25, 0.3) is 10.6 Å². The van der Waals surface area contributed by atoms with Gasteiger partial charge < -0.3 is 0 Å². The van der Waals surface area contributed by atoms with Crippen molar-refractivity contribution in [3.63, 3.8) is 0 Å². The molecule has 150 valence electrons. The molecule has 2 aliphatic rings. The van der Waals surface area contributed by atoms with Crippen LogP contribution in [0.4, 0.5) is 0 Å². The fraction of sp³-hybridized carbons (Fsp3) is 0.200. The Balaban J connectivity index is 1.40. The van der Waals surface area contributed by atoms with Crippen molar-refractivity contribution in [3.05, 3.63) is 101 Å². The molecule has 30 heavy (non-hydrogen) atoms. The number of hydrogen-bond donors (Lipinski definition) is 0. The van der Waals surface area contributed by atoms with Gasteiger partial charge in [0, 0.05) is 48.6 Å². The normalized spacial score (nSPS) is 19.2. The topological polar surface area (TPSA) is 31.7 Å². The highest BCUT2D eigenvalue weighted by Crippen LogP contribution is 2.41. The van der Waals surface area contributed by atoms with Crippen molar-refractivity contribution in [2.75, 3.05) is 26.2 Å². The van der Waals surface area contributed by atoms with Crippen LogP contribution < -0.4 is 0 Å². The molecule has 4 nitrogen and oxygen atoms in total. The zero-order valence-corrected chi connectivity index (χ0v) is 18.2. The zero-order chi connectivity index (χ0) is 20.3. The van der Waals surface area contributed by atoms with Crippen molar-refractivity contribution in [2.45, 2.75) is 6.04 Å².